The third-order valence-corrected chi connectivity index (χ3v) is 3.02. The van der Waals surface area contributed by atoms with Crippen molar-refractivity contribution in [1.29, 1.82) is 0 Å². The molecule has 3 nitrogen and oxygen atoms in total. The van der Waals surface area contributed by atoms with Crippen LogP contribution in [0.4, 0.5) is 0 Å². The van der Waals surface area contributed by atoms with Crippen molar-refractivity contribution in [2.45, 2.75) is 20.3 Å². The first-order chi connectivity index (χ1) is 7.22. The molecule has 0 aromatic carbocycles. The Labute approximate surface area is 92.4 Å². The lowest BCUT2D eigenvalue weighted by Gasteiger charge is -2.01. The Morgan fingerprint density at radius 3 is 3.00 bits per heavy atom. The number of nitrogens with zero attached hydrogens (tertiary/aromatic N) is 2. The molecule has 0 aliphatic rings. The van der Waals surface area contributed by atoms with Gasteiger partial charge in [0.05, 0.1) is 10.6 Å². The molecule has 2 rings (SSSR count). The van der Waals surface area contributed by atoms with Crippen LogP contribution < -0.4 is 0 Å². The largest absolute Gasteiger partial charge is 0.273 e. The summed E-state index contributed by atoms with van der Waals surface area (Å²) in [7, 11) is 0. The summed E-state index contributed by atoms with van der Waals surface area (Å²) in [6.07, 6.45) is 2.56. The first-order valence-corrected chi connectivity index (χ1v) is 5.73. The molecule has 0 N–H and O–H groups in total. The normalized spacial score (nSPS) is 10.5. The van der Waals surface area contributed by atoms with Crippen molar-refractivity contribution in [1.82, 2.24) is 9.55 Å². The van der Waals surface area contributed by atoms with Crippen LogP contribution in [0.2, 0.25) is 0 Å². The van der Waals surface area contributed by atoms with Gasteiger partial charge >= 0.3 is 0 Å². The lowest BCUT2D eigenvalue weighted by atomic mass is 10.4. The second-order valence-electron chi connectivity index (χ2n) is 3.30. The Bertz CT molecular complexity index is 471. The molecule has 0 aliphatic carbocycles. The summed E-state index contributed by atoms with van der Waals surface area (Å²) in [5.74, 6) is 0.841. The van der Waals surface area contributed by atoms with Crippen LogP contribution in [-0.4, -0.2) is 15.5 Å². The third-order valence-electron chi connectivity index (χ3n) is 2.17. The Morgan fingerprint density at radius 1 is 1.60 bits per heavy atom. The molecule has 0 saturated carbocycles. The van der Waals surface area contributed by atoms with Gasteiger partial charge in [-0.3, -0.25) is 9.36 Å². The van der Waals surface area contributed by atoms with Gasteiger partial charge in [-0.05, 0) is 18.4 Å². The third kappa shape index (κ3) is 1.85. The zero-order valence-electron chi connectivity index (χ0n) is 8.73. The smallest absolute Gasteiger partial charge is 0.269 e. The SMILES string of the molecule is CCc1nc(C)cn1C(=O)c1cccs1. The number of carbonyl (C=O) groups is 1. The molecule has 0 fully saturated rings. The van der Waals surface area contributed by atoms with Crippen molar-refractivity contribution in [3.05, 3.63) is 40.1 Å². The van der Waals surface area contributed by atoms with Crippen LogP contribution in [0.1, 0.15) is 28.1 Å². The van der Waals surface area contributed by atoms with Crippen LogP contribution in [0.25, 0.3) is 0 Å². The number of hydrogen-bond acceptors (Lipinski definition) is 3. The molecular formula is C11H12N2OS. The molecule has 2 aromatic heterocycles. The fourth-order valence-electron chi connectivity index (χ4n) is 1.49. The second-order valence-corrected chi connectivity index (χ2v) is 4.25. The van der Waals surface area contributed by atoms with Gasteiger partial charge in [0.1, 0.15) is 5.82 Å². The maximum absolute atomic E-state index is 12.0. The zero-order chi connectivity index (χ0) is 10.8. The number of rotatable bonds is 2. The Balaban J connectivity index is 2.41. The van der Waals surface area contributed by atoms with Gasteiger partial charge in [0.25, 0.3) is 5.91 Å². The lowest BCUT2D eigenvalue weighted by Crippen LogP contribution is -2.12. The maximum Gasteiger partial charge on any atom is 0.273 e. The highest BCUT2D eigenvalue weighted by atomic mass is 32.1. The number of hydrogen-bond donors (Lipinski definition) is 0. The average Bonchev–Trinajstić information content (AvgIpc) is 2.84. The van der Waals surface area contributed by atoms with Gasteiger partial charge in [-0.15, -0.1) is 11.3 Å². The van der Waals surface area contributed by atoms with Crippen LogP contribution in [0.3, 0.4) is 0 Å². The molecule has 15 heavy (non-hydrogen) atoms. The molecule has 0 bridgehead atoms. The zero-order valence-corrected chi connectivity index (χ0v) is 9.54. The van der Waals surface area contributed by atoms with E-state index < -0.39 is 0 Å². The lowest BCUT2D eigenvalue weighted by molar-refractivity contribution is 0.0960. The van der Waals surface area contributed by atoms with Crippen molar-refractivity contribution in [3.63, 3.8) is 0 Å². The molecule has 0 radical (unpaired) electrons. The van der Waals surface area contributed by atoms with E-state index in [9.17, 15) is 4.79 Å². The summed E-state index contributed by atoms with van der Waals surface area (Å²) in [5, 5.41) is 1.91. The van der Waals surface area contributed by atoms with E-state index in [1.165, 1.54) is 11.3 Å². The van der Waals surface area contributed by atoms with E-state index in [0.29, 0.717) is 0 Å². The predicted molar refractivity (Wildman–Crippen MR) is 60.4 cm³/mol. The molecule has 2 heterocycles. The fraction of sp³-hybridized carbons (Fsp3) is 0.273. The van der Waals surface area contributed by atoms with Gasteiger partial charge in [-0.25, -0.2) is 4.98 Å². The highest BCUT2D eigenvalue weighted by molar-refractivity contribution is 7.12. The highest BCUT2D eigenvalue weighted by Crippen LogP contribution is 2.13. The summed E-state index contributed by atoms with van der Waals surface area (Å²) in [4.78, 5) is 17.1. The van der Waals surface area contributed by atoms with E-state index in [1.807, 2.05) is 31.4 Å². The molecule has 0 atom stereocenters. The standard InChI is InChI=1S/C11H12N2OS/c1-3-10-12-8(2)7-13(10)11(14)9-5-4-6-15-9/h4-7H,3H2,1-2H3. The van der Waals surface area contributed by atoms with E-state index in [4.69, 9.17) is 0 Å². The van der Waals surface area contributed by atoms with E-state index >= 15 is 0 Å². The van der Waals surface area contributed by atoms with E-state index in [1.54, 1.807) is 10.8 Å². The van der Waals surface area contributed by atoms with E-state index in [2.05, 4.69) is 4.98 Å². The van der Waals surface area contributed by atoms with Crippen molar-refractivity contribution < 1.29 is 4.79 Å². The van der Waals surface area contributed by atoms with E-state index in [0.717, 1.165) is 22.8 Å². The Kier molecular flexibility index (Phi) is 2.68. The molecule has 4 heteroatoms. The molecule has 2 aromatic rings. The molecular weight excluding hydrogens is 208 g/mol. The quantitative estimate of drug-likeness (QED) is 0.779. The number of carbonyl (C=O) groups excluding carboxylic acids is 1. The van der Waals surface area contributed by atoms with E-state index in [-0.39, 0.29) is 5.91 Å². The highest BCUT2D eigenvalue weighted by Gasteiger charge is 2.13. The predicted octanol–water partition coefficient (Wildman–Crippen LogP) is 2.50. The average molecular weight is 220 g/mol. The minimum Gasteiger partial charge on any atom is -0.269 e. The second kappa shape index (κ2) is 3.98. The van der Waals surface area contributed by atoms with Gasteiger partial charge in [0, 0.05) is 12.6 Å². The van der Waals surface area contributed by atoms with Gasteiger partial charge in [-0.2, -0.15) is 0 Å². The number of aromatic nitrogens is 2. The molecule has 78 valence electrons. The monoisotopic (exact) mass is 220 g/mol. The van der Waals surface area contributed by atoms with Crippen LogP contribution in [0.5, 0.6) is 0 Å². The van der Waals surface area contributed by atoms with Gasteiger partial charge in [0.15, 0.2) is 0 Å². The molecule has 0 saturated heterocycles. The first kappa shape index (κ1) is 10.1. The van der Waals surface area contributed by atoms with Gasteiger partial charge in [-0.1, -0.05) is 13.0 Å². The van der Waals surface area contributed by atoms with Gasteiger partial charge < -0.3 is 0 Å². The number of thiophene rings is 1. The van der Waals surface area contributed by atoms with Crippen molar-refractivity contribution in [2.75, 3.05) is 0 Å². The molecule has 0 amide bonds. The minimum atomic E-state index is 0.0162. The Hall–Kier alpha value is -1.42. The minimum absolute atomic E-state index is 0.0162. The van der Waals surface area contributed by atoms with Crippen LogP contribution >= 0.6 is 11.3 Å². The maximum atomic E-state index is 12.0. The summed E-state index contributed by atoms with van der Waals surface area (Å²) in [6, 6.07) is 3.72. The van der Waals surface area contributed by atoms with Crippen LogP contribution in [0.15, 0.2) is 23.7 Å². The summed E-state index contributed by atoms with van der Waals surface area (Å²) in [6.45, 7) is 3.90. The summed E-state index contributed by atoms with van der Waals surface area (Å²) in [5.41, 5.74) is 0.886. The molecule has 0 spiro atoms. The Morgan fingerprint density at radius 2 is 2.40 bits per heavy atom. The van der Waals surface area contributed by atoms with Crippen LogP contribution in [-0.2, 0) is 6.42 Å². The van der Waals surface area contributed by atoms with Crippen LogP contribution in [0, 0.1) is 6.92 Å². The summed E-state index contributed by atoms with van der Waals surface area (Å²) >= 11 is 1.46. The van der Waals surface area contributed by atoms with Crippen molar-refractivity contribution in [3.8, 4) is 0 Å². The fourth-order valence-corrected chi connectivity index (χ4v) is 2.15. The summed E-state index contributed by atoms with van der Waals surface area (Å²) < 4.78 is 1.64. The van der Waals surface area contributed by atoms with Gasteiger partial charge in [0.2, 0.25) is 0 Å². The number of aryl methyl sites for hydroxylation is 2. The molecule has 0 aliphatic heterocycles. The van der Waals surface area contributed by atoms with Crippen molar-refractivity contribution >= 4 is 17.2 Å². The number of imidazole rings is 1. The first-order valence-electron chi connectivity index (χ1n) is 4.85. The topological polar surface area (TPSA) is 34.9 Å². The molecule has 0 unspecified atom stereocenters. The van der Waals surface area contributed by atoms with Crippen molar-refractivity contribution in [2.24, 2.45) is 0 Å².